The second-order valence-electron chi connectivity index (χ2n) is 7.55. The lowest BCUT2D eigenvalue weighted by atomic mass is 9.89. The average Bonchev–Trinajstić information content (AvgIpc) is 2.86. The number of amides is 1. The van der Waals surface area contributed by atoms with Gasteiger partial charge < -0.3 is 20.3 Å². The number of carbonyl (C=O) groups excluding carboxylic acids is 2. The summed E-state index contributed by atoms with van der Waals surface area (Å²) in [5, 5.41) is 10.2. The highest BCUT2D eigenvalue weighted by molar-refractivity contribution is 5.73. The minimum atomic E-state index is -0.592. The molecular formula is C21H33NO5. The van der Waals surface area contributed by atoms with Crippen LogP contribution in [0.5, 0.6) is 0 Å². The standard InChI is InChI=1S/C21H33NO5/c1-2-3-6-9-15(23)12-13-17-16(10-7-4-5-8-11-20(22)24)18-14-19(17)27-21(25)26-18/h4,7,12-13,15-19,23H,2-3,5-6,8-11,14H2,1H3,(H2,22,24)/b7-4-,13-12+/t15?,16-,17-,18+,19-/m1/s1. The van der Waals surface area contributed by atoms with Gasteiger partial charge in [0.2, 0.25) is 5.91 Å². The molecule has 1 unspecified atom stereocenters. The largest absolute Gasteiger partial charge is 0.508 e. The van der Waals surface area contributed by atoms with Crippen LogP contribution >= 0.6 is 0 Å². The van der Waals surface area contributed by atoms with E-state index >= 15 is 0 Å². The summed E-state index contributed by atoms with van der Waals surface area (Å²) in [7, 11) is 0. The Balaban J connectivity index is 1.90. The number of hydrogen-bond donors (Lipinski definition) is 2. The molecule has 0 aromatic rings. The van der Waals surface area contributed by atoms with Gasteiger partial charge in [0.15, 0.2) is 0 Å². The van der Waals surface area contributed by atoms with Crippen molar-refractivity contribution in [2.75, 3.05) is 0 Å². The fourth-order valence-corrected chi connectivity index (χ4v) is 3.92. The summed E-state index contributed by atoms with van der Waals surface area (Å²) in [4.78, 5) is 22.4. The normalized spacial score (nSPS) is 28.4. The number of ether oxygens (including phenoxy) is 2. The summed E-state index contributed by atoms with van der Waals surface area (Å²) in [5.41, 5.74) is 5.14. The lowest BCUT2D eigenvalue weighted by molar-refractivity contribution is -0.118. The van der Waals surface area contributed by atoms with Crippen molar-refractivity contribution in [1.29, 1.82) is 0 Å². The molecule has 1 saturated carbocycles. The number of aliphatic hydroxyl groups excluding tert-OH is 1. The van der Waals surface area contributed by atoms with Crippen LogP contribution in [0, 0.1) is 11.8 Å². The van der Waals surface area contributed by atoms with Crippen molar-refractivity contribution in [2.45, 2.75) is 83.0 Å². The van der Waals surface area contributed by atoms with E-state index in [1.54, 1.807) is 0 Å². The van der Waals surface area contributed by atoms with Gasteiger partial charge in [-0.15, -0.1) is 0 Å². The zero-order chi connectivity index (χ0) is 19.6. The van der Waals surface area contributed by atoms with E-state index in [0.717, 1.165) is 44.9 Å². The summed E-state index contributed by atoms with van der Waals surface area (Å²) in [6, 6.07) is 0. The molecule has 0 aromatic heterocycles. The highest BCUT2D eigenvalue weighted by Crippen LogP contribution is 2.43. The van der Waals surface area contributed by atoms with E-state index in [0.29, 0.717) is 12.8 Å². The number of allylic oxidation sites excluding steroid dienone is 2. The topological polar surface area (TPSA) is 98.9 Å². The second kappa shape index (κ2) is 11.1. The number of hydrogen-bond acceptors (Lipinski definition) is 5. The summed E-state index contributed by atoms with van der Waals surface area (Å²) in [6.07, 6.45) is 14.0. The van der Waals surface area contributed by atoms with E-state index in [4.69, 9.17) is 15.2 Å². The third kappa shape index (κ3) is 7.01. The molecule has 2 aliphatic rings. The van der Waals surface area contributed by atoms with E-state index in [1.165, 1.54) is 0 Å². The van der Waals surface area contributed by atoms with E-state index in [2.05, 4.69) is 13.0 Å². The molecule has 3 N–H and O–H groups in total. The Hall–Kier alpha value is -1.82. The van der Waals surface area contributed by atoms with E-state index < -0.39 is 12.3 Å². The summed E-state index contributed by atoms with van der Waals surface area (Å²) in [5.74, 6) is -0.0785. The molecule has 6 nitrogen and oxygen atoms in total. The van der Waals surface area contributed by atoms with E-state index in [1.807, 2.05) is 18.2 Å². The van der Waals surface area contributed by atoms with Crippen LogP contribution in [-0.4, -0.2) is 35.5 Å². The van der Waals surface area contributed by atoms with Crippen LogP contribution in [0.25, 0.3) is 0 Å². The Morgan fingerprint density at radius 2 is 2.04 bits per heavy atom. The lowest BCUT2D eigenvalue weighted by Crippen LogP contribution is -2.28. The lowest BCUT2D eigenvalue weighted by Gasteiger charge is -2.20. The van der Waals surface area contributed by atoms with Crippen molar-refractivity contribution in [3.8, 4) is 0 Å². The van der Waals surface area contributed by atoms with Crippen LogP contribution < -0.4 is 5.73 Å². The van der Waals surface area contributed by atoms with Gasteiger partial charge >= 0.3 is 6.16 Å². The Morgan fingerprint density at radius 3 is 2.78 bits per heavy atom. The molecule has 5 atom stereocenters. The fourth-order valence-electron chi connectivity index (χ4n) is 3.92. The van der Waals surface area contributed by atoms with Crippen molar-refractivity contribution >= 4 is 12.1 Å². The van der Waals surface area contributed by atoms with Gasteiger partial charge in [0.25, 0.3) is 0 Å². The first-order chi connectivity index (χ1) is 13.0. The van der Waals surface area contributed by atoms with Gasteiger partial charge in [-0.3, -0.25) is 4.79 Å². The predicted octanol–water partition coefficient (Wildman–Crippen LogP) is 3.63. The van der Waals surface area contributed by atoms with Crippen molar-refractivity contribution in [1.82, 2.24) is 0 Å². The molecule has 0 aromatic carbocycles. The van der Waals surface area contributed by atoms with E-state index in [9.17, 15) is 14.7 Å². The highest BCUT2D eigenvalue weighted by Gasteiger charge is 2.49. The molecule has 2 rings (SSSR count). The Kier molecular flexibility index (Phi) is 8.85. The fraction of sp³-hybridized carbons (Fsp3) is 0.714. The maximum Gasteiger partial charge on any atom is 0.508 e. The van der Waals surface area contributed by atoms with Crippen molar-refractivity contribution in [3.05, 3.63) is 24.3 Å². The molecule has 1 aliphatic heterocycles. The molecule has 6 heteroatoms. The molecule has 2 fully saturated rings. The molecule has 1 aliphatic carbocycles. The number of primary amides is 1. The van der Waals surface area contributed by atoms with Crippen molar-refractivity contribution in [3.63, 3.8) is 0 Å². The Morgan fingerprint density at radius 1 is 1.26 bits per heavy atom. The predicted molar refractivity (Wildman–Crippen MR) is 103 cm³/mol. The Labute approximate surface area is 161 Å². The molecule has 1 amide bonds. The molecule has 1 saturated heterocycles. The monoisotopic (exact) mass is 379 g/mol. The van der Waals surface area contributed by atoms with Gasteiger partial charge in [-0.05, 0) is 25.7 Å². The molecule has 0 spiro atoms. The van der Waals surface area contributed by atoms with Gasteiger partial charge in [0.1, 0.15) is 12.2 Å². The van der Waals surface area contributed by atoms with Gasteiger partial charge in [0, 0.05) is 24.7 Å². The van der Waals surface area contributed by atoms with Crippen LogP contribution in [0.15, 0.2) is 24.3 Å². The van der Waals surface area contributed by atoms with Crippen LogP contribution in [-0.2, 0) is 14.3 Å². The first-order valence-electron chi connectivity index (χ1n) is 10.2. The summed E-state index contributed by atoms with van der Waals surface area (Å²) >= 11 is 0. The number of unbranched alkanes of at least 4 members (excludes halogenated alkanes) is 3. The molecule has 1 heterocycles. The van der Waals surface area contributed by atoms with Gasteiger partial charge in [-0.2, -0.15) is 0 Å². The molecular weight excluding hydrogens is 346 g/mol. The van der Waals surface area contributed by atoms with Crippen LogP contribution in [0.2, 0.25) is 0 Å². The highest BCUT2D eigenvalue weighted by atomic mass is 16.7. The first-order valence-corrected chi connectivity index (χ1v) is 10.2. The second-order valence-corrected chi connectivity index (χ2v) is 7.55. The Bertz CT molecular complexity index is 545. The zero-order valence-electron chi connectivity index (χ0n) is 16.2. The third-order valence-electron chi connectivity index (χ3n) is 5.39. The molecule has 2 bridgehead atoms. The average molecular weight is 379 g/mol. The van der Waals surface area contributed by atoms with Gasteiger partial charge in [-0.25, -0.2) is 4.79 Å². The third-order valence-corrected chi connectivity index (χ3v) is 5.39. The smallest absolute Gasteiger partial charge is 0.430 e. The van der Waals surface area contributed by atoms with E-state index in [-0.39, 0.29) is 30.0 Å². The number of carbonyl (C=O) groups is 2. The SMILES string of the molecule is CCCCCC(O)/C=C/[C@@H]1[C@@H](C/C=C\CCCC(N)=O)[C@@H]2C[C@H]1OC(=O)O2. The maximum atomic E-state index is 11.6. The molecule has 152 valence electrons. The summed E-state index contributed by atoms with van der Waals surface area (Å²) < 4.78 is 10.7. The minimum absolute atomic E-state index is 0.0533. The zero-order valence-corrected chi connectivity index (χ0v) is 16.2. The molecule has 0 radical (unpaired) electrons. The number of rotatable bonds is 12. The van der Waals surface area contributed by atoms with Crippen LogP contribution in [0.4, 0.5) is 4.79 Å². The minimum Gasteiger partial charge on any atom is -0.430 e. The maximum absolute atomic E-state index is 11.6. The first kappa shape index (κ1) is 21.5. The quantitative estimate of drug-likeness (QED) is 0.306. The summed E-state index contributed by atoms with van der Waals surface area (Å²) in [6.45, 7) is 2.14. The van der Waals surface area contributed by atoms with Crippen molar-refractivity contribution in [2.24, 2.45) is 17.6 Å². The van der Waals surface area contributed by atoms with Crippen LogP contribution in [0.1, 0.15) is 64.7 Å². The van der Waals surface area contributed by atoms with Gasteiger partial charge in [-0.1, -0.05) is 50.5 Å². The van der Waals surface area contributed by atoms with Gasteiger partial charge in [0.05, 0.1) is 6.10 Å². The number of fused-ring (bicyclic) bond motifs is 2. The van der Waals surface area contributed by atoms with Crippen LogP contribution in [0.3, 0.4) is 0 Å². The van der Waals surface area contributed by atoms with Crippen molar-refractivity contribution < 1.29 is 24.2 Å². The number of nitrogens with two attached hydrogens (primary N) is 1. The molecule has 27 heavy (non-hydrogen) atoms. The number of aliphatic hydroxyl groups is 1.